The van der Waals surface area contributed by atoms with Gasteiger partial charge in [-0.05, 0) is 54.5 Å². The van der Waals surface area contributed by atoms with Crippen LogP contribution < -0.4 is 10.1 Å². The van der Waals surface area contributed by atoms with Crippen LogP contribution in [0.2, 0.25) is 5.02 Å². The van der Waals surface area contributed by atoms with Crippen molar-refractivity contribution in [3.8, 4) is 17.6 Å². The predicted molar refractivity (Wildman–Crippen MR) is 102 cm³/mol. The van der Waals surface area contributed by atoms with E-state index in [1.54, 1.807) is 42.5 Å². The summed E-state index contributed by atoms with van der Waals surface area (Å²) in [5.74, 6) is -0.285. The summed E-state index contributed by atoms with van der Waals surface area (Å²) in [5, 5.41) is 22.6. The third-order valence-corrected chi connectivity index (χ3v) is 3.79. The lowest BCUT2D eigenvalue weighted by Gasteiger charge is -2.10. The van der Waals surface area contributed by atoms with Crippen molar-refractivity contribution in [2.45, 2.75) is 6.42 Å². The zero-order valence-corrected chi connectivity index (χ0v) is 14.9. The van der Waals surface area contributed by atoms with Crippen LogP contribution in [0, 0.1) is 11.3 Å². The number of halogens is 1. The van der Waals surface area contributed by atoms with Crippen LogP contribution in [0.25, 0.3) is 6.08 Å². The van der Waals surface area contributed by atoms with Crippen LogP contribution >= 0.6 is 11.6 Å². The maximum Gasteiger partial charge on any atom is 0.266 e. The molecule has 0 fully saturated rings. The molecule has 0 saturated heterocycles. The Balaban J connectivity index is 2.34. The quantitative estimate of drug-likeness (QED) is 0.451. The molecule has 2 N–H and O–H groups in total. The first kappa shape index (κ1) is 19.1. The fraction of sp³-hybridized carbons (Fsp3) is 0.100. The molecule has 0 unspecified atom stereocenters. The molecule has 2 aromatic carbocycles. The lowest BCUT2D eigenvalue weighted by molar-refractivity contribution is -0.112. The summed E-state index contributed by atoms with van der Waals surface area (Å²) < 4.78 is 5.15. The Labute approximate surface area is 156 Å². The molecule has 132 valence electrons. The van der Waals surface area contributed by atoms with Crippen LogP contribution in [-0.2, 0) is 11.2 Å². The van der Waals surface area contributed by atoms with E-state index in [4.69, 9.17) is 16.3 Å². The molecular weight excluding hydrogens is 352 g/mol. The highest BCUT2D eigenvalue weighted by Gasteiger charge is 2.13. The first-order valence-corrected chi connectivity index (χ1v) is 8.05. The lowest BCUT2D eigenvalue weighted by atomic mass is 10.0. The fourth-order valence-electron chi connectivity index (χ4n) is 2.29. The second kappa shape index (κ2) is 8.75. The Hall–Kier alpha value is -3.23. The van der Waals surface area contributed by atoms with Crippen LogP contribution in [-0.4, -0.2) is 18.1 Å². The molecule has 0 spiro atoms. The molecule has 1 amide bonds. The van der Waals surface area contributed by atoms with Gasteiger partial charge in [-0.2, -0.15) is 5.26 Å². The average molecular weight is 369 g/mol. The number of phenolic OH excluding ortho intramolecular Hbond substituents is 1. The highest BCUT2D eigenvalue weighted by Crippen LogP contribution is 2.32. The molecule has 0 aliphatic heterocycles. The topological polar surface area (TPSA) is 82.4 Å². The molecule has 0 radical (unpaired) electrons. The predicted octanol–water partition coefficient (Wildman–Crippen LogP) is 4.33. The summed E-state index contributed by atoms with van der Waals surface area (Å²) in [7, 11) is 1.43. The Morgan fingerprint density at radius 2 is 2.08 bits per heavy atom. The lowest BCUT2D eigenvalue weighted by Crippen LogP contribution is -2.13. The molecule has 26 heavy (non-hydrogen) atoms. The van der Waals surface area contributed by atoms with Gasteiger partial charge < -0.3 is 15.2 Å². The van der Waals surface area contributed by atoms with E-state index in [1.165, 1.54) is 13.2 Å². The number of hydrogen-bond donors (Lipinski definition) is 2. The molecule has 0 aromatic heterocycles. The zero-order valence-electron chi connectivity index (χ0n) is 14.1. The normalized spacial score (nSPS) is 10.7. The molecule has 5 nitrogen and oxygen atoms in total. The maximum atomic E-state index is 12.3. The number of carbonyl (C=O) groups is 1. The summed E-state index contributed by atoms with van der Waals surface area (Å²) in [6.45, 7) is 3.65. The number of anilines is 1. The van der Waals surface area contributed by atoms with E-state index in [0.717, 1.165) is 0 Å². The van der Waals surface area contributed by atoms with E-state index in [0.29, 0.717) is 28.3 Å². The molecule has 0 bridgehead atoms. The maximum absolute atomic E-state index is 12.3. The largest absolute Gasteiger partial charge is 0.504 e. The first-order valence-electron chi connectivity index (χ1n) is 7.68. The van der Waals surface area contributed by atoms with E-state index in [9.17, 15) is 15.2 Å². The van der Waals surface area contributed by atoms with Gasteiger partial charge >= 0.3 is 0 Å². The standard InChI is InChI=1S/C20H17ClN2O3/c1-3-4-14-9-13(11-18(26-2)19(14)24)10-15(12-22)20(25)23-17-7-5-16(21)6-8-17/h3,5-11,24H,1,4H2,2H3,(H,23,25)/b15-10+. The highest BCUT2D eigenvalue weighted by molar-refractivity contribution is 6.30. The van der Waals surface area contributed by atoms with Gasteiger partial charge in [-0.3, -0.25) is 4.79 Å². The van der Waals surface area contributed by atoms with Gasteiger partial charge in [0.2, 0.25) is 0 Å². The summed E-state index contributed by atoms with van der Waals surface area (Å²) in [6, 6.07) is 11.7. The number of rotatable bonds is 6. The van der Waals surface area contributed by atoms with Crippen LogP contribution in [0.3, 0.4) is 0 Å². The fourth-order valence-corrected chi connectivity index (χ4v) is 2.41. The summed E-state index contributed by atoms with van der Waals surface area (Å²) in [5.41, 5.74) is 1.58. The van der Waals surface area contributed by atoms with Crippen molar-refractivity contribution >= 4 is 29.3 Å². The molecule has 2 rings (SSSR count). The van der Waals surface area contributed by atoms with Crippen molar-refractivity contribution in [1.82, 2.24) is 0 Å². The molecule has 0 aliphatic carbocycles. The van der Waals surface area contributed by atoms with E-state index in [2.05, 4.69) is 11.9 Å². The average Bonchev–Trinajstić information content (AvgIpc) is 2.64. The van der Waals surface area contributed by atoms with Crippen molar-refractivity contribution in [2.24, 2.45) is 0 Å². The third kappa shape index (κ3) is 4.65. The molecule has 0 aliphatic rings. The minimum atomic E-state index is -0.549. The molecular formula is C20H17ClN2O3. The van der Waals surface area contributed by atoms with E-state index >= 15 is 0 Å². The number of allylic oxidation sites excluding steroid dienone is 1. The van der Waals surface area contributed by atoms with Crippen molar-refractivity contribution in [3.05, 3.63) is 70.8 Å². The second-order valence-corrected chi connectivity index (χ2v) is 5.79. The van der Waals surface area contributed by atoms with Gasteiger partial charge in [-0.1, -0.05) is 17.7 Å². The Morgan fingerprint density at radius 3 is 2.65 bits per heavy atom. The molecule has 0 saturated carbocycles. The van der Waals surface area contributed by atoms with Gasteiger partial charge in [0.15, 0.2) is 11.5 Å². The second-order valence-electron chi connectivity index (χ2n) is 5.35. The van der Waals surface area contributed by atoms with Crippen molar-refractivity contribution < 1.29 is 14.6 Å². The minimum absolute atomic E-state index is 0.00803. The van der Waals surface area contributed by atoms with Crippen molar-refractivity contribution in [1.29, 1.82) is 5.26 Å². The van der Waals surface area contributed by atoms with Gasteiger partial charge in [0.05, 0.1) is 7.11 Å². The van der Waals surface area contributed by atoms with Gasteiger partial charge in [0.1, 0.15) is 11.6 Å². The smallest absolute Gasteiger partial charge is 0.266 e. The van der Waals surface area contributed by atoms with Crippen LogP contribution in [0.5, 0.6) is 11.5 Å². The Bertz CT molecular complexity index is 897. The number of nitrogens with zero attached hydrogens (tertiary/aromatic N) is 1. The number of aromatic hydroxyl groups is 1. The highest BCUT2D eigenvalue weighted by atomic mass is 35.5. The number of methoxy groups -OCH3 is 1. The Morgan fingerprint density at radius 1 is 1.38 bits per heavy atom. The number of hydrogen-bond acceptors (Lipinski definition) is 4. The number of nitriles is 1. The molecule has 0 heterocycles. The van der Waals surface area contributed by atoms with Crippen molar-refractivity contribution in [2.75, 3.05) is 12.4 Å². The minimum Gasteiger partial charge on any atom is -0.504 e. The van der Waals surface area contributed by atoms with Crippen LogP contribution in [0.15, 0.2) is 54.6 Å². The number of ether oxygens (including phenoxy) is 1. The zero-order chi connectivity index (χ0) is 19.1. The van der Waals surface area contributed by atoms with E-state index in [1.807, 2.05) is 6.07 Å². The van der Waals surface area contributed by atoms with E-state index < -0.39 is 5.91 Å². The van der Waals surface area contributed by atoms with Crippen LogP contribution in [0.1, 0.15) is 11.1 Å². The van der Waals surface area contributed by atoms with E-state index in [-0.39, 0.29) is 17.1 Å². The molecule has 6 heteroatoms. The number of carbonyl (C=O) groups excluding carboxylic acids is 1. The van der Waals surface area contributed by atoms with Gasteiger partial charge in [0, 0.05) is 16.3 Å². The summed E-state index contributed by atoms with van der Waals surface area (Å²) in [6.07, 6.45) is 3.49. The number of phenols is 1. The summed E-state index contributed by atoms with van der Waals surface area (Å²) in [4.78, 5) is 12.3. The first-order chi connectivity index (χ1) is 12.5. The third-order valence-electron chi connectivity index (χ3n) is 3.54. The van der Waals surface area contributed by atoms with Crippen molar-refractivity contribution in [3.63, 3.8) is 0 Å². The monoisotopic (exact) mass is 368 g/mol. The van der Waals surface area contributed by atoms with Gasteiger partial charge in [0.25, 0.3) is 5.91 Å². The number of amides is 1. The molecule has 0 atom stereocenters. The Kier molecular flexibility index (Phi) is 6.42. The summed E-state index contributed by atoms with van der Waals surface area (Å²) >= 11 is 5.81. The van der Waals surface area contributed by atoms with Gasteiger partial charge in [-0.15, -0.1) is 6.58 Å². The SMILES string of the molecule is C=CCc1cc(/C=C(\C#N)C(=O)Nc2ccc(Cl)cc2)cc(OC)c1O. The van der Waals surface area contributed by atoms with Crippen LogP contribution in [0.4, 0.5) is 5.69 Å². The molecule has 2 aromatic rings. The van der Waals surface area contributed by atoms with Gasteiger partial charge in [-0.25, -0.2) is 0 Å². The number of nitrogens with one attached hydrogen (secondary N) is 1. The number of benzene rings is 2.